The summed E-state index contributed by atoms with van der Waals surface area (Å²) in [5.74, 6) is -5.91. The van der Waals surface area contributed by atoms with Crippen molar-refractivity contribution in [1.82, 2.24) is 19.9 Å². The van der Waals surface area contributed by atoms with Crippen molar-refractivity contribution in [2.45, 2.75) is 64.0 Å². The van der Waals surface area contributed by atoms with Gasteiger partial charge >= 0.3 is 36.4 Å². The Morgan fingerprint density at radius 2 is 1.39 bits per heavy atom. The van der Waals surface area contributed by atoms with Gasteiger partial charge in [-0.15, -0.1) is 0 Å². The molecule has 2 aliphatic rings. The maximum Gasteiger partial charge on any atom is 0.490 e. The number of rotatable bonds is 5. The number of aryl methyl sites for hydroxylation is 3. The Hall–Kier alpha value is -6.46. The predicted octanol–water partition coefficient (Wildman–Crippen LogP) is 8.21. The van der Waals surface area contributed by atoms with Crippen LogP contribution in [-0.2, 0) is 38.4 Å². The second-order valence-electron chi connectivity index (χ2n) is 13.1. The van der Waals surface area contributed by atoms with Crippen LogP contribution in [0.15, 0.2) is 61.2 Å². The van der Waals surface area contributed by atoms with Gasteiger partial charge in [0.05, 0.1) is 18.1 Å². The number of carbonyl (C=O) groups excluding carboxylic acids is 1. The van der Waals surface area contributed by atoms with Gasteiger partial charge in [-0.1, -0.05) is 18.5 Å². The fourth-order valence-electron chi connectivity index (χ4n) is 5.44. The lowest BCUT2D eigenvalue weighted by Crippen LogP contribution is -2.35. The van der Waals surface area contributed by atoms with E-state index < -0.39 is 36.4 Å². The van der Waals surface area contributed by atoms with E-state index in [0.29, 0.717) is 29.1 Å². The Morgan fingerprint density at radius 1 is 0.790 bits per heavy atom. The van der Waals surface area contributed by atoms with Crippen molar-refractivity contribution in [2.24, 2.45) is 5.92 Å². The number of hydrogen-bond acceptors (Lipinski definition) is 11. The van der Waals surface area contributed by atoms with Crippen molar-refractivity contribution in [2.75, 3.05) is 33.9 Å². The van der Waals surface area contributed by atoms with Gasteiger partial charge in [0.25, 0.3) is 0 Å². The molecule has 1 fully saturated rings. The molecule has 25 heteroatoms. The number of carbonyl (C=O) groups is 4. The van der Waals surface area contributed by atoms with Crippen LogP contribution in [0.3, 0.4) is 0 Å². The topological polar surface area (TPSA) is 220 Å². The highest BCUT2D eigenvalue weighted by molar-refractivity contribution is 6.32. The third-order valence-corrected chi connectivity index (χ3v) is 8.76. The number of pyridine rings is 2. The van der Waals surface area contributed by atoms with Crippen molar-refractivity contribution in [1.29, 1.82) is 0 Å². The number of amides is 1. The normalized spacial score (nSPS) is 13.8. The Bertz CT molecular complexity index is 2130. The second kappa shape index (κ2) is 21.9. The lowest BCUT2D eigenvalue weighted by atomic mass is 9.93. The van der Waals surface area contributed by atoms with Crippen LogP contribution in [0.25, 0.3) is 0 Å². The van der Waals surface area contributed by atoms with Crippen LogP contribution in [-0.4, -0.2) is 90.7 Å². The van der Waals surface area contributed by atoms with E-state index in [2.05, 4.69) is 59.8 Å². The van der Waals surface area contributed by atoms with Gasteiger partial charge in [-0.05, 0) is 91.1 Å². The van der Waals surface area contributed by atoms with Gasteiger partial charge in [-0.3, -0.25) is 9.78 Å². The monoisotopic (exact) mass is 910 g/mol. The van der Waals surface area contributed by atoms with Crippen molar-refractivity contribution in [3.8, 4) is 0 Å². The fourth-order valence-corrected chi connectivity index (χ4v) is 5.57. The zero-order valence-corrected chi connectivity index (χ0v) is 32.8. The number of halogens is 10. The van der Waals surface area contributed by atoms with E-state index in [4.69, 9.17) is 41.3 Å². The molecule has 336 valence electrons. The maximum atomic E-state index is 13.2. The summed E-state index contributed by atoms with van der Waals surface area (Å²) in [6, 6.07) is 12.2. The Kier molecular flexibility index (Phi) is 17.6. The summed E-state index contributed by atoms with van der Waals surface area (Å²) < 4.78 is 95.2. The number of fused-ring (bicyclic) bond motifs is 6. The molecule has 0 atom stereocenters. The molecule has 1 saturated heterocycles. The van der Waals surface area contributed by atoms with Crippen LogP contribution in [0.4, 0.5) is 74.2 Å². The number of nitrogens with zero attached hydrogens (tertiary/aromatic N) is 5. The van der Waals surface area contributed by atoms with Gasteiger partial charge in [0.2, 0.25) is 11.9 Å². The highest BCUT2D eigenvalue weighted by Crippen LogP contribution is 2.31. The molecule has 0 aliphatic carbocycles. The first kappa shape index (κ1) is 49.9. The summed E-state index contributed by atoms with van der Waals surface area (Å²) >= 11 is 6.39. The molecule has 2 aliphatic heterocycles. The van der Waals surface area contributed by atoms with Crippen LogP contribution in [0.1, 0.15) is 42.9 Å². The van der Waals surface area contributed by atoms with E-state index in [0.717, 1.165) is 79.2 Å². The highest BCUT2D eigenvalue weighted by Gasteiger charge is 2.39. The SMILES string of the molecule is CCc1ccnc(N2CCC(CC(=O)Nc3ccc4cc3CCc3cncc(c3)Nc3ncc(Cl)c(n3)N4)CC2)c1.O=C(O)C(F)(F)F.O=C(O)C(F)(F)F.O=C(O)C(F)(F)F. The van der Waals surface area contributed by atoms with Crippen LogP contribution in [0.5, 0.6) is 0 Å². The van der Waals surface area contributed by atoms with Gasteiger partial charge in [0.15, 0.2) is 5.82 Å². The number of aliphatic carboxylic acids is 3. The first-order chi connectivity index (χ1) is 28.8. The molecule has 0 saturated carbocycles. The third-order valence-electron chi connectivity index (χ3n) is 8.48. The van der Waals surface area contributed by atoms with Crippen LogP contribution in [0.2, 0.25) is 5.02 Å². The minimum absolute atomic E-state index is 0.0470. The number of carboxylic acids is 3. The van der Waals surface area contributed by atoms with Crippen molar-refractivity contribution < 1.29 is 74.0 Å². The van der Waals surface area contributed by atoms with Gasteiger partial charge in [-0.25, -0.2) is 24.4 Å². The summed E-state index contributed by atoms with van der Waals surface area (Å²) in [7, 11) is 0. The second-order valence-corrected chi connectivity index (χ2v) is 13.5. The van der Waals surface area contributed by atoms with Crippen molar-refractivity contribution in [3.63, 3.8) is 0 Å². The number of hydrogen-bond donors (Lipinski definition) is 6. The predicted molar refractivity (Wildman–Crippen MR) is 205 cm³/mol. The molecule has 1 aromatic carbocycles. The number of alkyl halides is 9. The van der Waals surface area contributed by atoms with Gasteiger partial charge in [0, 0.05) is 43.3 Å². The largest absolute Gasteiger partial charge is 0.490 e. The minimum atomic E-state index is -5.08. The molecular weight excluding hydrogens is 875 g/mol. The standard InChI is InChI=1S/C31H33ClN8O.3C2HF3O2/c1-2-20-7-10-34-28(14-20)40-11-8-21(9-12-40)15-29(41)38-27-6-5-24-16-23(27)4-3-22-13-25(18-33-17-22)37-31-35-19-26(32)30(36-24)39-31;3*3-2(4,5)1(6)7/h5-7,10,13-14,16-19,21H,2-4,8-9,11-12,15H2,1H3,(H,38,41)(H2,35,36,37,39);3*(H,6,7). The molecule has 0 unspecified atom stereocenters. The third kappa shape index (κ3) is 16.5. The van der Waals surface area contributed by atoms with Crippen LogP contribution in [0, 0.1) is 5.92 Å². The molecular formula is C37H36ClF9N8O7. The number of nitrogens with one attached hydrogen (secondary N) is 3. The lowest BCUT2D eigenvalue weighted by molar-refractivity contribution is -0.193. The number of benzene rings is 1. The maximum absolute atomic E-state index is 13.2. The van der Waals surface area contributed by atoms with Gasteiger partial charge in [0.1, 0.15) is 10.8 Å². The quantitative estimate of drug-likeness (QED) is 0.104. The molecule has 4 aromatic rings. The highest BCUT2D eigenvalue weighted by atomic mass is 35.5. The lowest BCUT2D eigenvalue weighted by Gasteiger charge is -2.32. The molecule has 62 heavy (non-hydrogen) atoms. The number of aromatic nitrogens is 4. The molecule has 0 spiro atoms. The molecule has 6 rings (SSSR count). The molecule has 15 nitrogen and oxygen atoms in total. The molecule has 5 heterocycles. The first-order valence-electron chi connectivity index (χ1n) is 17.9. The summed E-state index contributed by atoms with van der Waals surface area (Å²) in [5.41, 5.74) is 5.86. The zero-order chi connectivity index (χ0) is 46.4. The number of anilines is 6. The molecule has 3 aromatic heterocycles. The van der Waals surface area contributed by atoms with Gasteiger partial charge in [-0.2, -0.15) is 44.5 Å². The van der Waals surface area contributed by atoms with E-state index in [-0.39, 0.29) is 5.91 Å². The number of piperidine rings is 1. The zero-order valence-electron chi connectivity index (χ0n) is 32.0. The summed E-state index contributed by atoms with van der Waals surface area (Å²) in [6.45, 7) is 3.99. The Labute approximate surface area is 350 Å². The Balaban J connectivity index is 0.000000403. The van der Waals surface area contributed by atoms with E-state index in [1.807, 2.05) is 36.7 Å². The molecule has 6 bridgehead atoms. The smallest absolute Gasteiger partial charge is 0.475 e. The fraction of sp³-hybridized carbons (Fsp3) is 0.351. The first-order valence-corrected chi connectivity index (χ1v) is 18.3. The van der Waals surface area contributed by atoms with Crippen molar-refractivity contribution in [3.05, 3.63) is 82.9 Å². The summed E-state index contributed by atoms with van der Waals surface area (Å²) in [4.78, 5) is 60.0. The van der Waals surface area contributed by atoms with E-state index in [9.17, 15) is 44.3 Å². The summed E-state index contributed by atoms with van der Waals surface area (Å²) in [5, 5.41) is 31.5. The van der Waals surface area contributed by atoms with E-state index in [1.165, 1.54) is 5.56 Å². The van der Waals surface area contributed by atoms with Crippen LogP contribution < -0.4 is 20.9 Å². The van der Waals surface area contributed by atoms with Crippen molar-refractivity contribution >= 4 is 70.1 Å². The molecule has 6 N–H and O–H groups in total. The van der Waals surface area contributed by atoms with Crippen LogP contribution >= 0.6 is 11.6 Å². The average molecular weight is 911 g/mol. The summed E-state index contributed by atoms with van der Waals surface area (Å²) in [6.07, 6.45) is -3.25. The van der Waals surface area contributed by atoms with E-state index in [1.54, 1.807) is 12.4 Å². The van der Waals surface area contributed by atoms with E-state index >= 15 is 0 Å². The molecule has 0 radical (unpaired) electrons. The average Bonchev–Trinajstić information content (AvgIpc) is 3.19. The minimum Gasteiger partial charge on any atom is -0.475 e. The number of carboxylic acid groups (broad SMARTS) is 3. The Morgan fingerprint density at radius 3 is 1.95 bits per heavy atom. The van der Waals surface area contributed by atoms with Gasteiger partial charge < -0.3 is 36.2 Å². The molecule has 1 amide bonds.